The summed E-state index contributed by atoms with van der Waals surface area (Å²) in [5.41, 5.74) is 3.76. The average molecular weight is 417 g/mol. The van der Waals surface area contributed by atoms with Crippen molar-refractivity contribution in [3.8, 4) is 11.8 Å². The van der Waals surface area contributed by atoms with Crippen LogP contribution in [0.4, 0.5) is 5.69 Å². The SMILES string of the molecule is CC(C)c1cccc(O[C@H]2CCN(c3cc(=O)n(C)c4ccc(C#N)nc34)CC2C)c1. The summed E-state index contributed by atoms with van der Waals surface area (Å²) in [6.45, 7) is 8.07. The molecule has 0 radical (unpaired) electrons. The maximum absolute atomic E-state index is 12.5. The molecule has 0 spiro atoms. The van der Waals surface area contributed by atoms with Crippen molar-refractivity contribution >= 4 is 16.7 Å². The largest absolute Gasteiger partial charge is 0.490 e. The lowest BCUT2D eigenvalue weighted by atomic mass is 9.95. The fourth-order valence-corrected chi connectivity index (χ4v) is 4.25. The first-order valence-corrected chi connectivity index (χ1v) is 10.8. The molecular weight excluding hydrogens is 388 g/mol. The third-order valence-electron chi connectivity index (χ3n) is 6.16. The van der Waals surface area contributed by atoms with Crippen LogP contribution in [0.5, 0.6) is 5.75 Å². The van der Waals surface area contributed by atoms with Gasteiger partial charge < -0.3 is 14.2 Å². The van der Waals surface area contributed by atoms with Gasteiger partial charge in [0.05, 0.1) is 11.2 Å². The Morgan fingerprint density at radius 2 is 2.03 bits per heavy atom. The highest BCUT2D eigenvalue weighted by Crippen LogP contribution is 2.30. The van der Waals surface area contributed by atoms with Gasteiger partial charge in [-0.3, -0.25) is 4.79 Å². The molecule has 3 aromatic rings. The highest BCUT2D eigenvalue weighted by molar-refractivity contribution is 5.88. The van der Waals surface area contributed by atoms with E-state index in [-0.39, 0.29) is 17.6 Å². The summed E-state index contributed by atoms with van der Waals surface area (Å²) in [5.74, 6) is 1.65. The van der Waals surface area contributed by atoms with E-state index in [9.17, 15) is 10.1 Å². The predicted molar refractivity (Wildman–Crippen MR) is 123 cm³/mol. The lowest BCUT2D eigenvalue weighted by molar-refractivity contribution is 0.121. The Hall–Kier alpha value is -3.33. The zero-order chi connectivity index (χ0) is 22.1. The van der Waals surface area contributed by atoms with E-state index in [1.807, 2.05) is 6.07 Å². The Bertz CT molecular complexity index is 1210. The monoisotopic (exact) mass is 416 g/mol. The van der Waals surface area contributed by atoms with E-state index in [1.54, 1.807) is 29.8 Å². The van der Waals surface area contributed by atoms with Crippen LogP contribution in [0, 0.1) is 17.2 Å². The van der Waals surface area contributed by atoms with Crippen molar-refractivity contribution in [2.45, 2.75) is 39.2 Å². The van der Waals surface area contributed by atoms with Gasteiger partial charge in [-0.05, 0) is 35.7 Å². The number of aromatic nitrogens is 2. The molecule has 3 heterocycles. The molecule has 0 N–H and O–H groups in total. The molecule has 6 nitrogen and oxygen atoms in total. The predicted octanol–water partition coefficient (Wildman–Crippen LogP) is 4.22. The number of hydrogen-bond acceptors (Lipinski definition) is 5. The van der Waals surface area contributed by atoms with E-state index in [0.717, 1.165) is 36.5 Å². The van der Waals surface area contributed by atoms with Crippen molar-refractivity contribution in [3.63, 3.8) is 0 Å². The second-order valence-corrected chi connectivity index (χ2v) is 8.70. The zero-order valence-electron chi connectivity index (χ0n) is 18.5. The number of fused-ring (bicyclic) bond motifs is 1. The first-order chi connectivity index (χ1) is 14.9. The van der Waals surface area contributed by atoms with Gasteiger partial charge in [-0.1, -0.05) is 32.9 Å². The molecule has 6 heteroatoms. The van der Waals surface area contributed by atoms with Crippen molar-refractivity contribution in [2.24, 2.45) is 13.0 Å². The molecule has 2 aromatic heterocycles. The smallest absolute Gasteiger partial charge is 0.252 e. The molecule has 0 amide bonds. The summed E-state index contributed by atoms with van der Waals surface area (Å²) in [5, 5.41) is 9.28. The van der Waals surface area contributed by atoms with E-state index in [2.05, 4.69) is 54.9 Å². The summed E-state index contributed by atoms with van der Waals surface area (Å²) in [6, 6.07) is 15.5. The molecule has 1 aliphatic heterocycles. The van der Waals surface area contributed by atoms with E-state index < -0.39 is 0 Å². The minimum Gasteiger partial charge on any atom is -0.490 e. The summed E-state index contributed by atoms with van der Waals surface area (Å²) < 4.78 is 7.94. The number of nitriles is 1. The van der Waals surface area contributed by atoms with Crippen LogP contribution in [0.3, 0.4) is 0 Å². The van der Waals surface area contributed by atoms with Crippen LogP contribution >= 0.6 is 0 Å². The van der Waals surface area contributed by atoms with E-state index >= 15 is 0 Å². The second-order valence-electron chi connectivity index (χ2n) is 8.70. The Balaban J connectivity index is 1.59. The van der Waals surface area contributed by atoms with Gasteiger partial charge in [0.1, 0.15) is 29.1 Å². The minimum absolute atomic E-state index is 0.0782. The van der Waals surface area contributed by atoms with Gasteiger partial charge in [0, 0.05) is 38.5 Å². The number of rotatable bonds is 4. The average Bonchev–Trinajstić information content (AvgIpc) is 2.77. The molecule has 0 saturated carbocycles. The number of nitrogens with zero attached hydrogens (tertiary/aromatic N) is 4. The zero-order valence-corrected chi connectivity index (χ0v) is 18.5. The Morgan fingerprint density at radius 1 is 1.23 bits per heavy atom. The van der Waals surface area contributed by atoms with Crippen LogP contribution in [0.2, 0.25) is 0 Å². The molecular formula is C25H28N4O2. The standard InChI is InChI=1S/C25H28N4O2/c1-16(2)18-6-5-7-20(12-18)31-23-10-11-29(15-17(23)3)22-13-24(30)28(4)21-9-8-19(14-26)27-25(21)22/h5-9,12-13,16-17,23H,10-11,15H2,1-4H3/t17?,23-/m0/s1. The number of hydrogen-bond donors (Lipinski definition) is 0. The normalized spacial score (nSPS) is 18.9. The van der Waals surface area contributed by atoms with Gasteiger partial charge in [0.2, 0.25) is 0 Å². The molecule has 1 aliphatic rings. The molecule has 1 fully saturated rings. The number of anilines is 1. The third-order valence-corrected chi connectivity index (χ3v) is 6.16. The van der Waals surface area contributed by atoms with Gasteiger partial charge in [-0.2, -0.15) is 5.26 Å². The summed E-state index contributed by atoms with van der Waals surface area (Å²) in [7, 11) is 1.73. The fourth-order valence-electron chi connectivity index (χ4n) is 4.25. The van der Waals surface area contributed by atoms with Crippen LogP contribution in [-0.2, 0) is 7.05 Å². The van der Waals surface area contributed by atoms with Gasteiger partial charge >= 0.3 is 0 Å². The summed E-state index contributed by atoms with van der Waals surface area (Å²) >= 11 is 0. The van der Waals surface area contributed by atoms with Crippen molar-refractivity contribution in [1.29, 1.82) is 5.26 Å². The van der Waals surface area contributed by atoms with Crippen LogP contribution in [0.1, 0.15) is 44.4 Å². The second kappa shape index (κ2) is 8.43. The summed E-state index contributed by atoms with van der Waals surface area (Å²) in [6.07, 6.45) is 0.959. The van der Waals surface area contributed by atoms with E-state index in [0.29, 0.717) is 17.1 Å². The van der Waals surface area contributed by atoms with Crippen molar-refractivity contribution in [2.75, 3.05) is 18.0 Å². The summed E-state index contributed by atoms with van der Waals surface area (Å²) in [4.78, 5) is 19.3. The first-order valence-electron chi connectivity index (χ1n) is 10.8. The Kier molecular flexibility index (Phi) is 5.69. The van der Waals surface area contributed by atoms with Crippen molar-refractivity contribution in [3.05, 3.63) is 64.1 Å². The molecule has 0 bridgehead atoms. The number of pyridine rings is 2. The molecule has 1 aromatic carbocycles. The van der Waals surface area contributed by atoms with E-state index in [1.165, 1.54) is 5.56 Å². The third kappa shape index (κ3) is 4.13. The Labute approximate surface area is 182 Å². The molecule has 0 aliphatic carbocycles. The van der Waals surface area contributed by atoms with Gasteiger partial charge in [-0.15, -0.1) is 0 Å². The maximum atomic E-state index is 12.5. The minimum atomic E-state index is -0.0782. The van der Waals surface area contributed by atoms with Crippen LogP contribution in [-0.4, -0.2) is 28.7 Å². The van der Waals surface area contributed by atoms with Crippen molar-refractivity contribution in [1.82, 2.24) is 9.55 Å². The lowest BCUT2D eigenvalue weighted by Gasteiger charge is -2.38. The van der Waals surface area contributed by atoms with Gasteiger partial charge in [0.15, 0.2) is 0 Å². The molecule has 160 valence electrons. The van der Waals surface area contributed by atoms with Gasteiger partial charge in [0.25, 0.3) is 5.56 Å². The van der Waals surface area contributed by atoms with Crippen LogP contribution in [0.15, 0.2) is 47.3 Å². The molecule has 1 unspecified atom stereocenters. The molecule has 4 rings (SSSR count). The Morgan fingerprint density at radius 3 is 2.74 bits per heavy atom. The lowest BCUT2D eigenvalue weighted by Crippen LogP contribution is -2.45. The quantitative estimate of drug-likeness (QED) is 0.637. The van der Waals surface area contributed by atoms with Crippen LogP contribution in [0.25, 0.3) is 11.0 Å². The number of ether oxygens (including phenoxy) is 1. The van der Waals surface area contributed by atoms with Crippen molar-refractivity contribution < 1.29 is 4.74 Å². The highest BCUT2D eigenvalue weighted by atomic mass is 16.5. The molecule has 1 saturated heterocycles. The highest BCUT2D eigenvalue weighted by Gasteiger charge is 2.29. The molecule has 31 heavy (non-hydrogen) atoms. The number of piperidine rings is 1. The topological polar surface area (TPSA) is 71.2 Å². The van der Waals surface area contributed by atoms with Gasteiger partial charge in [-0.25, -0.2) is 4.98 Å². The van der Waals surface area contributed by atoms with Crippen LogP contribution < -0.4 is 15.2 Å². The molecule has 2 atom stereocenters. The maximum Gasteiger partial charge on any atom is 0.252 e. The van der Waals surface area contributed by atoms with E-state index in [4.69, 9.17) is 4.74 Å². The first kappa shape index (κ1) is 20.9. The number of benzene rings is 1. The fraction of sp³-hybridized carbons (Fsp3) is 0.400. The number of aryl methyl sites for hydroxylation is 1.